The Morgan fingerprint density at radius 1 is 1.07 bits per heavy atom. The molecule has 1 saturated heterocycles. The molecule has 0 unspecified atom stereocenters. The van der Waals surface area contributed by atoms with Crippen molar-refractivity contribution in [1.82, 2.24) is 10.2 Å². The molecular weight excluding hydrogens is 392 g/mol. The van der Waals surface area contributed by atoms with Gasteiger partial charge in [0, 0.05) is 42.6 Å². The van der Waals surface area contributed by atoms with Crippen LogP contribution < -0.4 is 20.3 Å². The highest BCUT2D eigenvalue weighted by molar-refractivity contribution is 6.30. The van der Waals surface area contributed by atoms with Crippen molar-refractivity contribution in [3.8, 4) is 5.75 Å². The van der Waals surface area contributed by atoms with Crippen molar-refractivity contribution >= 4 is 34.9 Å². The van der Waals surface area contributed by atoms with Crippen LogP contribution in [0.3, 0.4) is 0 Å². The van der Waals surface area contributed by atoms with Crippen LogP contribution in [0, 0.1) is 0 Å². The third-order valence-electron chi connectivity index (χ3n) is 4.83. The van der Waals surface area contributed by atoms with Gasteiger partial charge in [-0.1, -0.05) is 17.7 Å². The van der Waals surface area contributed by atoms with Crippen molar-refractivity contribution < 1.29 is 14.3 Å². The van der Waals surface area contributed by atoms with Crippen LogP contribution in [-0.4, -0.2) is 56.2 Å². The molecule has 3 rings (SSSR count). The molecule has 8 heteroatoms. The van der Waals surface area contributed by atoms with E-state index < -0.39 is 6.04 Å². The van der Waals surface area contributed by atoms with Crippen LogP contribution in [0.2, 0.25) is 5.02 Å². The van der Waals surface area contributed by atoms with Gasteiger partial charge >= 0.3 is 6.03 Å². The topological polar surface area (TPSA) is 73.9 Å². The number of anilines is 2. The molecule has 154 valence electrons. The Labute approximate surface area is 175 Å². The first-order valence-electron chi connectivity index (χ1n) is 9.47. The van der Waals surface area contributed by atoms with E-state index in [0.29, 0.717) is 42.6 Å². The van der Waals surface area contributed by atoms with E-state index in [1.165, 1.54) is 0 Å². The molecule has 0 saturated carbocycles. The molecule has 1 fully saturated rings. The number of piperazine rings is 1. The molecule has 1 aliphatic heterocycles. The van der Waals surface area contributed by atoms with E-state index in [2.05, 4.69) is 15.5 Å². The number of hydrogen-bond acceptors (Lipinski definition) is 4. The van der Waals surface area contributed by atoms with Crippen LogP contribution in [-0.2, 0) is 4.79 Å². The van der Waals surface area contributed by atoms with E-state index in [9.17, 15) is 9.59 Å². The van der Waals surface area contributed by atoms with Gasteiger partial charge in [0.05, 0.1) is 7.11 Å². The lowest BCUT2D eigenvalue weighted by Crippen LogP contribution is -2.54. The highest BCUT2D eigenvalue weighted by atomic mass is 35.5. The van der Waals surface area contributed by atoms with Crippen molar-refractivity contribution in [3.05, 3.63) is 53.6 Å². The molecule has 7 nitrogen and oxygen atoms in total. The molecule has 1 heterocycles. The number of benzene rings is 2. The average molecular weight is 417 g/mol. The summed E-state index contributed by atoms with van der Waals surface area (Å²) in [5, 5.41) is 6.25. The molecule has 0 radical (unpaired) electrons. The summed E-state index contributed by atoms with van der Waals surface area (Å²) in [7, 11) is 1.58. The van der Waals surface area contributed by atoms with Crippen LogP contribution >= 0.6 is 11.6 Å². The summed E-state index contributed by atoms with van der Waals surface area (Å²) in [6, 6.07) is 13.8. The van der Waals surface area contributed by atoms with Gasteiger partial charge in [0.15, 0.2) is 0 Å². The maximum absolute atomic E-state index is 12.5. The zero-order chi connectivity index (χ0) is 20.8. The summed E-state index contributed by atoms with van der Waals surface area (Å²) >= 11 is 6.06. The van der Waals surface area contributed by atoms with Crippen LogP contribution in [0.4, 0.5) is 16.2 Å². The molecule has 1 atom stereocenters. The number of methoxy groups -OCH3 is 1. The van der Waals surface area contributed by atoms with Gasteiger partial charge in [-0.2, -0.15) is 0 Å². The first-order chi connectivity index (χ1) is 14.0. The van der Waals surface area contributed by atoms with Crippen LogP contribution in [0.1, 0.15) is 6.92 Å². The molecule has 0 spiro atoms. The van der Waals surface area contributed by atoms with E-state index in [1.807, 2.05) is 24.3 Å². The summed E-state index contributed by atoms with van der Waals surface area (Å²) in [6.07, 6.45) is 0. The molecule has 3 amide bonds. The number of nitrogens with zero attached hydrogens (tertiary/aromatic N) is 2. The number of ether oxygens (including phenoxy) is 1. The zero-order valence-corrected chi connectivity index (χ0v) is 17.3. The molecule has 1 aliphatic rings. The second-order valence-electron chi connectivity index (χ2n) is 6.84. The molecule has 2 aromatic carbocycles. The van der Waals surface area contributed by atoms with Crippen molar-refractivity contribution in [3.63, 3.8) is 0 Å². The zero-order valence-electron chi connectivity index (χ0n) is 16.5. The fraction of sp³-hybridized carbons (Fsp3) is 0.333. The van der Waals surface area contributed by atoms with Gasteiger partial charge in [0.1, 0.15) is 11.8 Å². The van der Waals surface area contributed by atoms with Gasteiger partial charge in [-0.15, -0.1) is 0 Å². The number of carbonyl (C=O) groups is 2. The molecule has 2 aromatic rings. The van der Waals surface area contributed by atoms with Gasteiger partial charge in [-0.25, -0.2) is 4.79 Å². The highest BCUT2D eigenvalue weighted by Gasteiger charge is 2.24. The Kier molecular flexibility index (Phi) is 6.82. The fourth-order valence-corrected chi connectivity index (χ4v) is 3.29. The minimum Gasteiger partial charge on any atom is -0.497 e. The third-order valence-corrected chi connectivity index (χ3v) is 5.07. The first-order valence-corrected chi connectivity index (χ1v) is 9.85. The van der Waals surface area contributed by atoms with E-state index >= 15 is 0 Å². The standard InChI is InChI=1S/C21H25ClN4O3/c1-15(20(27)24-17-6-8-19(29-2)9-7-17)23-21(28)26-12-10-25(11-13-26)18-5-3-4-16(22)14-18/h3-9,14-15H,10-13H2,1-2H3,(H,23,28)(H,24,27)/t15-/m1/s1. The first kappa shape index (κ1) is 20.8. The number of urea groups is 1. The summed E-state index contributed by atoms with van der Waals surface area (Å²) in [4.78, 5) is 28.8. The van der Waals surface area contributed by atoms with Crippen LogP contribution in [0.5, 0.6) is 5.75 Å². The van der Waals surface area contributed by atoms with Gasteiger partial charge in [-0.05, 0) is 49.4 Å². The number of nitrogens with one attached hydrogen (secondary N) is 2. The minimum atomic E-state index is -0.657. The Morgan fingerprint density at radius 3 is 2.38 bits per heavy atom. The maximum atomic E-state index is 12.5. The van der Waals surface area contributed by atoms with Crippen molar-refractivity contribution in [2.75, 3.05) is 43.5 Å². The average Bonchev–Trinajstić information content (AvgIpc) is 2.74. The van der Waals surface area contributed by atoms with E-state index in [0.717, 1.165) is 5.69 Å². The Morgan fingerprint density at radius 2 is 1.76 bits per heavy atom. The van der Waals surface area contributed by atoms with Gasteiger partial charge in [-0.3, -0.25) is 4.79 Å². The summed E-state index contributed by atoms with van der Waals surface area (Å²) in [6.45, 7) is 4.23. The lowest BCUT2D eigenvalue weighted by molar-refractivity contribution is -0.117. The Bertz CT molecular complexity index is 851. The number of halogens is 1. The smallest absolute Gasteiger partial charge is 0.318 e. The molecule has 0 aliphatic carbocycles. The quantitative estimate of drug-likeness (QED) is 0.784. The minimum absolute atomic E-state index is 0.242. The van der Waals surface area contributed by atoms with Gasteiger partial charge < -0.3 is 25.2 Å². The van der Waals surface area contributed by atoms with Crippen molar-refractivity contribution in [2.45, 2.75) is 13.0 Å². The van der Waals surface area contributed by atoms with E-state index in [4.69, 9.17) is 16.3 Å². The van der Waals surface area contributed by atoms with Crippen LogP contribution in [0.25, 0.3) is 0 Å². The monoisotopic (exact) mass is 416 g/mol. The van der Waals surface area contributed by atoms with Crippen molar-refractivity contribution in [1.29, 1.82) is 0 Å². The second kappa shape index (κ2) is 9.52. The Balaban J connectivity index is 1.47. The molecule has 29 heavy (non-hydrogen) atoms. The Hall–Kier alpha value is -2.93. The number of carbonyl (C=O) groups excluding carboxylic acids is 2. The maximum Gasteiger partial charge on any atom is 0.318 e. The number of amides is 3. The van der Waals surface area contributed by atoms with Gasteiger partial charge in [0.2, 0.25) is 5.91 Å². The molecule has 0 aromatic heterocycles. The lowest BCUT2D eigenvalue weighted by atomic mass is 10.2. The SMILES string of the molecule is COc1ccc(NC(=O)[C@@H](C)NC(=O)N2CCN(c3cccc(Cl)c3)CC2)cc1. The molecule has 0 bridgehead atoms. The predicted octanol–water partition coefficient (Wildman–Crippen LogP) is 3.21. The predicted molar refractivity (Wildman–Crippen MR) is 115 cm³/mol. The van der Waals surface area contributed by atoms with Crippen LogP contribution in [0.15, 0.2) is 48.5 Å². The summed E-state index contributed by atoms with van der Waals surface area (Å²) < 4.78 is 5.10. The second-order valence-corrected chi connectivity index (χ2v) is 7.28. The summed E-state index contributed by atoms with van der Waals surface area (Å²) in [5.41, 5.74) is 1.69. The summed E-state index contributed by atoms with van der Waals surface area (Å²) in [5.74, 6) is 0.433. The van der Waals surface area contributed by atoms with Crippen molar-refractivity contribution in [2.24, 2.45) is 0 Å². The highest BCUT2D eigenvalue weighted by Crippen LogP contribution is 2.21. The lowest BCUT2D eigenvalue weighted by Gasteiger charge is -2.36. The molecular formula is C21H25ClN4O3. The number of hydrogen-bond donors (Lipinski definition) is 2. The van der Waals surface area contributed by atoms with E-state index in [1.54, 1.807) is 43.2 Å². The number of rotatable bonds is 5. The van der Waals surface area contributed by atoms with Gasteiger partial charge in [0.25, 0.3) is 0 Å². The fourth-order valence-electron chi connectivity index (χ4n) is 3.11. The largest absolute Gasteiger partial charge is 0.497 e. The molecule has 2 N–H and O–H groups in total. The normalized spacial score (nSPS) is 14.9. The third kappa shape index (κ3) is 5.54. The van der Waals surface area contributed by atoms with E-state index in [-0.39, 0.29) is 11.9 Å².